The maximum absolute atomic E-state index is 11.5. The van der Waals surface area contributed by atoms with Gasteiger partial charge < -0.3 is 25.2 Å². The Morgan fingerprint density at radius 3 is 2.82 bits per heavy atom. The van der Waals surface area contributed by atoms with Crippen molar-refractivity contribution < 1.29 is 19.3 Å². The summed E-state index contributed by atoms with van der Waals surface area (Å²) in [6.45, 7) is 0.423. The summed E-state index contributed by atoms with van der Waals surface area (Å²) < 4.78 is 10.6. The maximum atomic E-state index is 11.5. The fourth-order valence-corrected chi connectivity index (χ4v) is 1.26. The van der Waals surface area contributed by atoms with Crippen molar-refractivity contribution in [2.45, 2.75) is 6.42 Å². The van der Waals surface area contributed by atoms with Gasteiger partial charge in [-0.1, -0.05) is 0 Å². The SMILES string of the molecule is COCCOc1ccc(CC(=N)CO)c[n+]1[O-]. The van der Waals surface area contributed by atoms with Crippen molar-refractivity contribution in [3.05, 3.63) is 29.1 Å². The van der Waals surface area contributed by atoms with E-state index in [1.54, 1.807) is 19.2 Å². The third-order valence-corrected chi connectivity index (χ3v) is 2.09. The Balaban J connectivity index is 2.62. The number of nitrogens with one attached hydrogen (secondary N) is 1. The Morgan fingerprint density at radius 1 is 1.47 bits per heavy atom. The van der Waals surface area contributed by atoms with E-state index in [1.807, 2.05) is 0 Å². The van der Waals surface area contributed by atoms with Crippen LogP contribution in [0.25, 0.3) is 0 Å². The van der Waals surface area contributed by atoms with Crippen LogP contribution < -0.4 is 9.47 Å². The lowest BCUT2D eigenvalue weighted by atomic mass is 10.1. The molecule has 6 heteroatoms. The van der Waals surface area contributed by atoms with Crippen molar-refractivity contribution in [2.24, 2.45) is 0 Å². The summed E-state index contributed by atoms with van der Waals surface area (Å²) in [5.41, 5.74) is 0.830. The van der Waals surface area contributed by atoms with Gasteiger partial charge in [0, 0.05) is 24.8 Å². The first-order valence-corrected chi connectivity index (χ1v) is 5.18. The molecule has 0 radical (unpaired) electrons. The van der Waals surface area contributed by atoms with E-state index in [-0.39, 0.29) is 24.6 Å². The van der Waals surface area contributed by atoms with Gasteiger partial charge in [0.15, 0.2) is 6.20 Å². The molecule has 0 amide bonds. The molecule has 1 aromatic heterocycles. The van der Waals surface area contributed by atoms with Crippen LogP contribution in [0.3, 0.4) is 0 Å². The molecule has 0 atom stereocenters. The Morgan fingerprint density at radius 2 is 2.24 bits per heavy atom. The molecule has 1 aromatic rings. The number of hydrogen-bond acceptors (Lipinski definition) is 5. The van der Waals surface area contributed by atoms with Gasteiger partial charge >= 0.3 is 5.88 Å². The first kappa shape index (κ1) is 13.4. The third-order valence-electron chi connectivity index (χ3n) is 2.09. The standard InChI is InChI=1S/C11H16N2O4/c1-16-4-5-17-11-3-2-9(7-13(11)15)6-10(12)8-14/h2-3,7,12,14H,4-6,8H2,1H3. The molecule has 0 fully saturated rings. The monoisotopic (exact) mass is 240 g/mol. The molecule has 0 spiro atoms. The normalized spacial score (nSPS) is 10.2. The van der Waals surface area contributed by atoms with E-state index in [2.05, 4.69) is 0 Å². The van der Waals surface area contributed by atoms with Crippen molar-refractivity contribution in [2.75, 3.05) is 26.9 Å². The molecule has 0 unspecified atom stereocenters. The third kappa shape index (κ3) is 4.38. The molecule has 6 nitrogen and oxygen atoms in total. The van der Waals surface area contributed by atoms with Crippen molar-refractivity contribution in [1.82, 2.24) is 0 Å². The highest BCUT2D eigenvalue weighted by atomic mass is 16.6. The summed E-state index contributed by atoms with van der Waals surface area (Å²) in [5, 5.41) is 27.6. The zero-order valence-electron chi connectivity index (χ0n) is 9.68. The van der Waals surface area contributed by atoms with Gasteiger partial charge in [-0.2, -0.15) is 0 Å². The first-order chi connectivity index (χ1) is 8.17. The molecule has 0 bridgehead atoms. The molecule has 0 aliphatic rings. The molecular weight excluding hydrogens is 224 g/mol. The molecule has 0 saturated carbocycles. The molecule has 1 rings (SSSR count). The number of rotatable bonds is 7. The van der Waals surface area contributed by atoms with Gasteiger partial charge in [0.05, 0.1) is 19.3 Å². The number of ether oxygens (including phenoxy) is 2. The second kappa shape index (κ2) is 6.82. The summed E-state index contributed by atoms with van der Waals surface area (Å²) in [6, 6.07) is 3.24. The number of aliphatic hydroxyl groups excluding tert-OH is 1. The van der Waals surface area contributed by atoms with Crippen molar-refractivity contribution in [3.63, 3.8) is 0 Å². The van der Waals surface area contributed by atoms with Gasteiger partial charge in [0.2, 0.25) is 0 Å². The molecule has 0 saturated heterocycles. The van der Waals surface area contributed by atoms with Crippen LogP contribution in [0.15, 0.2) is 18.3 Å². The second-order valence-electron chi connectivity index (χ2n) is 3.48. The average Bonchev–Trinajstić information content (AvgIpc) is 2.32. The van der Waals surface area contributed by atoms with Crippen molar-refractivity contribution in [1.29, 1.82) is 5.41 Å². The van der Waals surface area contributed by atoms with E-state index in [9.17, 15) is 5.21 Å². The molecule has 1 heterocycles. The van der Waals surface area contributed by atoms with E-state index >= 15 is 0 Å². The minimum Gasteiger partial charge on any atom is -0.616 e. The van der Waals surface area contributed by atoms with Gasteiger partial charge in [-0.3, -0.25) is 0 Å². The second-order valence-corrected chi connectivity index (χ2v) is 3.48. The van der Waals surface area contributed by atoms with Crippen LogP contribution in [-0.4, -0.2) is 37.7 Å². The van der Waals surface area contributed by atoms with Gasteiger partial charge in [-0.05, 0) is 6.07 Å². The van der Waals surface area contributed by atoms with Crippen molar-refractivity contribution >= 4 is 5.71 Å². The lowest BCUT2D eigenvalue weighted by Crippen LogP contribution is -2.30. The van der Waals surface area contributed by atoms with Crippen LogP contribution in [0.5, 0.6) is 5.88 Å². The number of aromatic nitrogens is 1. The van der Waals surface area contributed by atoms with Gasteiger partial charge in [-0.15, -0.1) is 4.73 Å². The fraction of sp³-hybridized carbons (Fsp3) is 0.455. The smallest absolute Gasteiger partial charge is 0.379 e. The summed E-state index contributed by atoms with van der Waals surface area (Å²) in [4.78, 5) is 0. The van der Waals surface area contributed by atoms with Crippen LogP contribution in [0.1, 0.15) is 5.56 Å². The van der Waals surface area contributed by atoms with E-state index in [0.29, 0.717) is 23.5 Å². The Kier molecular flexibility index (Phi) is 5.38. The van der Waals surface area contributed by atoms with E-state index in [1.165, 1.54) is 6.20 Å². The van der Waals surface area contributed by atoms with Crippen LogP contribution in [0, 0.1) is 10.6 Å². The predicted octanol–water partition coefficient (Wildman–Crippen LogP) is -0.100. The topological polar surface area (TPSA) is 89.5 Å². The van der Waals surface area contributed by atoms with Crippen LogP contribution in [0.4, 0.5) is 0 Å². The summed E-state index contributed by atoms with van der Waals surface area (Å²) in [7, 11) is 1.55. The summed E-state index contributed by atoms with van der Waals surface area (Å²) in [6.07, 6.45) is 1.60. The minimum atomic E-state index is -0.301. The summed E-state index contributed by atoms with van der Waals surface area (Å²) >= 11 is 0. The Labute approximate surface area is 99.5 Å². The Hall–Kier alpha value is -1.66. The maximum Gasteiger partial charge on any atom is 0.379 e. The zero-order valence-corrected chi connectivity index (χ0v) is 9.68. The lowest BCUT2D eigenvalue weighted by molar-refractivity contribution is -0.613. The zero-order chi connectivity index (χ0) is 12.7. The Bertz CT molecular complexity index is 382. The molecule has 0 aromatic carbocycles. The quantitative estimate of drug-likeness (QED) is 0.301. The predicted molar refractivity (Wildman–Crippen MR) is 61.3 cm³/mol. The van der Waals surface area contributed by atoms with Gasteiger partial charge in [0.1, 0.15) is 6.61 Å². The molecular formula is C11H16N2O4. The average molecular weight is 240 g/mol. The number of nitrogens with zero attached hydrogens (tertiary/aromatic N) is 1. The minimum absolute atomic E-state index is 0.165. The van der Waals surface area contributed by atoms with E-state index in [4.69, 9.17) is 20.0 Å². The molecule has 0 aliphatic carbocycles. The molecule has 17 heavy (non-hydrogen) atoms. The van der Waals surface area contributed by atoms with Gasteiger partial charge in [-0.25, -0.2) is 0 Å². The van der Waals surface area contributed by atoms with Crippen molar-refractivity contribution in [3.8, 4) is 5.88 Å². The summed E-state index contributed by atoms with van der Waals surface area (Å²) in [5.74, 6) is 0.196. The van der Waals surface area contributed by atoms with E-state index in [0.717, 1.165) is 0 Å². The van der Waals surface area contributed by atoms with Crippen LogP contribution in [0.2, 0.25) is 0 Å². The van der Waals surface area contributed by atoms with Crippen LogP contribution >= 0.6 is 0 Å². The molecule has 94 valence electrons. The largest absolute Gasteiger partial charge is 0.616 e. The van der Waals surface area contributed by atoms with Crippen LogP contribution in [-0.2, 0) is 11.2 Å². The number of methoxy groups -OCH3 is 1. The lowest BCUT2D eigenvalue weighted by Gasteiger charge is -2.07. The molecule has 2 N–H and O–H groups in total. The fourth-order valence-electron chi connectivity index (χ4n) is 1.26. The number of aliphatic hydroxyl groups is 1. The number of hydrogen-bond donors (Lipinski definition) is 2. The van der Waals surface area contributed by atoms with E-state index < -0.39 is 0 Å². The molecule has 0 aliphatic heterocycles. The highest BCUT2D eigenvalue weighted by Gasteiger charge is 2.08. The highest BCUT2D eigenvalue weighted by molar-refractivity contribution is 5.84. The van der Waals surface area contributed by atoms with Gasteiger partial charge in [0.25, 0.3) is 0 Å². The number of pyridine rings is 1. The first-order valence-electron chi connectivity index (χ1n) is 5.18. The highest BCUT2D eigenvalue weighted by Crippen LogP contribution is 2.06.